The SMILES string of the molecule is CO[C@H]1C[C@@H]2CC[C@@H](C)[C@@](O)(O2)C(=O)C(=O)N2CCCC[C@H]2C(=O)O[C@H]([C@H](N)C[C@@H]2CC[C@@H](OCCCCc3cn(CCOCCOCCOCCOCCOCCOCCC(=O)N4CCN(c5ccc(-n6c(=O)ccc7cnc8ccc(-c9cnc%10ccccc%10c9)cc8c76)cc5C(F)(F)F)CC4)nn3)[C@H](OC)C2)CC(=O)[C@H](C)/C=C(\C)[C@@H](O)[C@@H](OC)C(=O)[C@H](C)C[C@H](C)/C=C/C=C/C=C/1C. The number of hydrogen-bond acceptors (Lipinski definition) is 27. The number of aliphatic hydroxyl groups is 2. The number of methoxy groups -OCH3 is 3. The third-order valence-corrected chi connectivity index (χ3v) is 26.9. The Morgan fingerprint density at radius 1 is 0.672 bits per heavy atom. The van der Waals surface area contributed by atoms with Crippen LogP contribution in [0.4, 0.5) is 18.9 Å². The van der Waals surface area contributed by atoms with Gasteiger partial charge in [-0.15, -0.1) is 5.10 Å². The number of carbonyl (C=O) groups excluding carboxylic acids is 6. The summed E-state index contributed by atoms with van der Waals surface area (Å²) in [6.45, 7) is 16.5. The predicted octanol–water partition coefficient (Wildman–Crippen LogP) is 12.4. The van der Waals surface area contributed by atoms with E-state index in [-0.39, 0.29) is 125 Å². The molecule has 34 heteroatoms. The third-order valence-electron chi connectivity index (χ3n) is 26.9. The van der Waals surface area contributed by atoms with Gasteiger partial charge in [-0.2, -0.15) is 13.2 Å². The number of allylic oxidation sites excluding steroid dienone is 6. The van der Waals surface area contributed by atoms with E-state index in [0.717, 1.165) is 57.1 Å². The van der Waals surface area contributed by atoms with Crippen molar-refractivity contribution in [2.45, 2.75) is 218 Å². The first-order valence-corrected chi connectivity index (χ1v) is 48.3. The number of carbonyl (C=O) groups is 6. The van der Waals surface area contributed by atoms with Crippen LogP contribution in [0, 0.1) is 29.6 Å². The number of piperazine rings is 1. The molecule has 4 aromatic heterocycles. The summed E-state index contributed by atoms with van der Waals surface area (Å²) in [7, 11) is 4.58. The van der Waals surface area contributed by atoms with E-state index in [1.54, 1.807) is 80.9 Å². The van der Waals surface area contributed by atoms with Gasteiger partial charge < -0.3 is 87.5 Å². The van der Waals surface area contributed by atoms with Gasteiger partial charge in [-0.3, -0.25) is 43.3 Å². The summed E-state index contributed by atoms with van der Waals surface area (Å²) in [4.78, 5) is 113. The zero-order chi connectivity index (χ0) is 97.7. The highest BCUT2D eigenvalue weighted by atomic mass is 19.4. The number of amides is 2. The maximum Gasteiger partial charge on any atom is 0.418 e. The summed E-state index contributed by atoms with van der Waals surface area (Å²) in [5, 5.41) is 34.6. The number of benzene rings is 3. The Labute approximate surface area is 799 Å². The Bertz CT molecular complexity index is 5350. The number of ketones is 3. The fourth-order valence-corrected chi connectivity index (χ4v) is 18.9. The van der Waals surface area contributed by atoms with E-state index in [1.165, 1.54) is 29.9 Å². The summed E-state index contributed by atoms with van der Waals surface area (Å²) >= 11 is 0. The number of aliphatic hydroxyl groups excluding tert-OH is 1. The predicted molar refractivity (Wildman–Crippen MR) is 510 cm³/mol. The number of nitrogens with zero attached hydrogens (tertiary/aromatic N) is 9. The van der Waals surface area contributed by atoms with Gasteiger partial charge in [0.2, 0.25) is 11.7 Å². The van der Waals surface area contributed by atoms with Crippen molar-refractivity contribution in [2.75, 3.05) is 145 Å². The first-order valence-electron chi connectivity index (χ1n) is 48.3. The van der Waals surface area contributed by atoms with Gasteiger partial charge in [-0.05, 0) is 174 Å². The molecule has 2 amide bonds. The Balaban J connectivity index is 0.500. The minimum atomic E-state index is -4.77. The molecule has 8 heterocycles. The van der Waals surface area contributed by atoms with Gasteiger partial charge in [0.1, 0.15) is 30.1 Å². The Morgan fingerprint density at radius 3 is 2.09 bits per heavy atom. The average Bonchev–Trinajstić information content (AvgIpc) is 0.936. The molecule has 0 radical (unpaired) electrons. The lowest BCUT2D eigenvalue weighted by atomic mass is 9.80. The van der Waals surface area contributed by atoms with E-state index in [1.807, 2.05) is 99.0 Å². The molecule has 31 nitrogen and oxygen atoms in total. The van der Waals surface area contributed by atoms with Gasteiger partial charge in [-0.25, -0.2) is 9.48 Å². The monoisotopic (exact) mass is 1910 g/mol. The van der Waals surface area contributed by atoms with Crippen LogP contribution in [0.1, 0.15) is 149 Å². The van der Waals surface area contributed by atoms with Gasteiger partial charge in [0, 0.05) is 149 Å². The number of esters is 1. The average molecular weight is 1910 g/mol. The number of alkyl halides is 3. The van der Waals surface area contributed by atoms with Crippen LogP contribution in [0.2, 0.25) is 0 Å². The third kappa shape index (κ3) is 29.2. The lowest BCUT2D eigenvalue weighted by molar-refractivity contribution is -0.265. The number of rotatable bonds is 36. The van der Waals surface area contributed by atoms with Crippen LogP contribution in [0.15, 0.2) is 150 Å². The van der Waals surface area contributed by atoms with Gasteiger partial charge in [-0.1, -0.05) is 93.6 Å². The lowest BCUT2D eigenvalue weighted by Crippen LogP contribution is -2.61. The van der Waals surface area contributed by atoms with E-state index in [9.17, 15) is 43.8 Å². The number of ether oxygens (including phenoxy) is 12. The minimum absolute atomic E-state index is 0.0223. The summed E-state index contributed by atoms with van der Waals surface area (Å²) in [6.07, 6.45) is 13.3. The van der Waals surface area contributed by atoms with Crippen molar-refractivity contribution in [3.63, 3.8) is 0 Å². The largest absolute Gasteiger partial charge is 0.459 e. The maximum absolute atomic E-state index is 15.1. The van der Waals surface area contributed by atoms with E-state index in [0.29, 0.717) is 171 Å². The smallest absolute Gasteiger partial charge is 0.418 e. The molecule has 2 bridgehead atoms. The molecule has 3 aromatic carbocycles. The zero-order valence-corrected chi connectivity index (χ0v) is 80.4. The van der Waals surface area contributed by atoms with Crippen molar-refractivity contribution in [3.8, 4) is 16.8 Å². The second-order valence-electron chi connectivity index (χ2n) is 36.8. The summed E-state index contributed by atoms with van der Waals surface area (Å²) in [6, 6.07) is 20.2. The van der Waals surface area contributed by atoms with Crippen LogP contribution in [0.5, 0.6) is 0 Å². The van der Waals surface area contributed by atoms with E-state index >= 15 is 13.2 Å². The second kappa shape index (κ2) is 51.9. The van der Waals surface area contributed by atoms with E-state index in [4.69, 9.17) is 62.6 Å². The quantitative estimate of drug-likeness (QED) is 0.0108. The van der Waals surface area contributed by atoms with Crippen molar-refractivity contribution in [1.29, 1.82) is 0 Å². The van der Waals surface area contributed by atoms with Gasteiger partial charge >= 0.3 is 12.1 Å². The first kappa shape index (κ1) is 106. The molecule has 15 atom stereocenters. The van der Waals surface area contributed by atoms with Crippen molar-refractivity contribution < 1.29 is 109 Å². The summed E-state index contributed by atoms with van der Waals surface area (Å²) in [5.74, 6) is -8.54. The van der Waals surface area contributed by atoms with Crippen LogP contribution in [0.25, 0.3) is 49.5 Å². The van der Waals surface area contributed by atoms with Crippen molar-refractivity contribution >= 4 is 73.5 Å². The number of hydrogen-bond donors (Lipinski definition) is 3. The zero-order valence-electron chi connectivity index (χ0n) is 80.4. The molecule has 1 aliphatic carbocycles. The Morgan fingerprint density at radius 2 is 1.38 bits per heavy atom. The number of cyclic esters (lactones) is 1. The maximum atomic E-state index is 15.1. The molecule has 12 rings (SSSR count). The Kier molecular flexibility index (Phi) is 40.2. The minimum Gasteiger partial charge on any atom is -0.459 e. The molecular formula is C103H137F3N10O21. The number of pyridine rings is 3. The highest BCUT2D eigenvalue weighted by Gasteiger charge is 2.53. The van der Waals surface area contributed by atoms with Crippen molar-refractivity contribution in [3.05, 3.63) is 167 Å². The molecule has 4 N–H and O–H groups in total. The summed E-state index contributed by atoms with van der Waals surface area (Å²) < 4.78 is 119. The molecule has 0 unspecified atom stereocenters. The van der Waals surface area contributed by atoms with Crippen LogP contribution in [-0.4, -0.2) is 285 Å². The molecule has 7 aromatic rings. The number of fused-ring (bicyclic) bond motifs is 7. The van der Waals surface area contributed by atoms with Crippen LogP contribution in [-0.2, 0) is 105 Å². The fourth-order valence-electron chi connectivity index (χ4n) is 18.9. The number of nitrogens with two attached hydrogens (primary N) is 1. The van der Waals surface area contributed by atoms with Crippen LogP contribution >= 0.6 is 0 Å². The number of aryl methyl sites for hydroxylation is 1. The molecule has 746 valence electrons. The first-order chi connectivity index (χ1) is 66.0. The molecule has 4 aliphatic heterocycles. The number of Topliss-reactive ketones (excluding diaryl/α,β-unsaturated/α-hetero) is 3. The fraction of sp³-hybridized carbons (Fsp3) is 0.583. The number of para-hydroxylation sites is 1. The molecular weight excluding hydrogens is 1770 g/mol. The number of aromatic nitrogens is 6. The van der Waals surface area contributed by atoms with Crippen LogP contribution in [0.3, 0.4) is 0 Å². The second-order valence-corrected chi connectivity index (χ2v) is 36.8. The molecule has 1 saturated carbocycles. The highest BCUT2D eigenvalue weighted by Crippen LogP contribution is 2.42. The summed E-state index contributed by atoms with van der Waals surface area (Å²) in [5.41, 5.74) is 11.2. The number of halogens is 3. The normalized spacial score (nSPS) is 26.3. The van der Waals surface area contributed by atoms with Gasteiger partial charge in [0.15, 0.2) is 5.78 Å². The van der Waals surface area contributed by atoms with Gasteiger partial charge in [0.25, 0.3) is 17.2 Å². The van der Waals surface area contributed by atoms with Gasteiger partial charge in [0.05, 0.1) is 150 Å². The molecule has 0 spiro atoms. The topological polar surface area (TPSA) is 368 Å². The van der Waals surface area contributed by atoms with E-state index in [2.05, 4.69) is 20.3 Å². The highest BCUT2D eigenvalue weighted by molar-refractivity contribution is 6.39. The molecule has 5 aliphatic rings. The molecule has 4 fully saturated rings. The standard InChI is InChI=1S/C103H137F3N10O21/c1-67-19-11-10-12-20-68(2)90(126-7)62-80-30-25-72(6)102(125,137-80)99(122)100(123)115-36-17-15-24-87(115)101(124)136-91(63-88(117)69(3)56-71(5)97(121)98(128-9)96(120)70(4)55-67)83(107)57-73-26-33-89(92(58-73)127-8)135-42-18-16-22-78-66-114(111-110-78)41-44-130-46-48-132-50-52-134-54-53-133-51-49-131-47-45-129-43-35-93(118)113-39-37-112(38-40-113)86-32-29-79(61-82(86)103(104,105)106)116-94(119)34-28-76-64-109-85-31-27-74(60-81(85)95(76)116)77-59-75-21-13-14-23-84(75)108-65-77/h10-14,19-21,23,27-29,31-32,34,56,59-61,64-67,69-70,72-73,80,83,87,89-92,97-98,121,125H,15-18,22,24-26,30,33,35-55,57-58,62-63,107H2,1-9H3/b12-10+,19-11+,68-20+,71-56+/t67-,69-,70-,72-,73+,80+,83-,87+,89-,90+,91+,92-,97-,98+,102-/m1/s1. The van der Waals surface area contributed by atoms with Crippen molar-refractivity contribution in [1.82, 2.24) is 39.3 Å². The lowest BCUT2D eigenvalue weighted by Gasteiger charge is -2.42. The van der Waals surface area contributed by atoms with Crippen LogP contribution < -0.4 is 16.2 Å². The van der Waals surface area contributed by atoms with E-state index < -0.39 is 101 Å². The van der Waals surface area contributed by atoms with Crippen molar-refractivity contribution in [2.24, 2.45) is 35.3 Å². The number of unbranched alkanes of at least 4 members (excludes halogenated alkanes) is 1. The Hall–Kier alpha value is -9.76. The number of piperidine rings is 1. The molecule has 137 heavy (non-hydrogen) atoms. The molecule has 3 saturated heterocycles. The number of anilines is 1.